The fraction of sp³-hybridized carbons (Fsp3) is 0.667. The topological polar surface area (TPSA) is 108 Å². The van der Waals surface area contributed by atoms with E-state index in [4.69, 9.17) is 9.84 Å². The Bertz CT molecular complexity index is 520. The van der Waals surface area contributed by atoms with Crippen LogP contribution >= 0.6 is 0 Å². The Morgan fingerprint density at radius 1 is 1.45 bits per heavy atom. The molecule has 0 aliphatic carbocycles. The number of carboxylic acids is 1. The number of hydrogen-bond donors (Lipinski definition) is 2. The van der Waals surface area contributed by atoms with Crippen LogP contribution < -0.4 is 0 Å². The van der Waals surface area contributed by atoms with Crippen molar-refractivity contribution < 1.29 is 19.4 Å². The molecule has 1 amide bonds. The number of hydrogen-bond acceptors (Lipinski definition) is 5. The predicted molar refractivity (Wildman–Crippen MR) is 68.3 cm³/mol. The van der Waals surface area contributed by atoms with Crippen LogP contribution in [-0.2, 0) is 4.74 Å². The minimum absolute atomic E-state index is 0.295. The van der Waals surface area contributed by atoms with Gasteiger partial charge in [0.2, 0.25) is 0 Å². The average molecular weight is 282 g/mol. The fourth-order valence-corrected chi connectivity index (χ4v) is 2.11. The number of aromatic amines is 1. The van der Waals surface area contributed by atoms with Crippen molar-refractivity contribution in [3.8, 4) is 0 Å². The number of aromatic carboxylic acids is 1. The van der Waals surface area contributed by atoms with Crippen LogP contribution in [0.3, 0.4) is 0 Å². The van der Waals surface area contributed by atoms with Crippen molar-refractivity contribution in [2.75, 3.05) is 6.54 Å². The Morgan fingerprint density at radius 2 is 2.15 bits per heavy atom. The molecule has 1 aliphatic rings. The highest BCUT2D eigenvalue weighted by atomic mass is 16.6. The van der Waals surface area contributed by atoms with E-state index in [0.717, 1.165) is 6.42 Å². The molecule has 2 N–H and O–H groups in total. The van der Waals surface area contributed by atoms with Gasteiger partial charge in [-0.05, 0) is 33.6 Å². The number of amides is 1. The summed E-state index contributed by atoms with van der Waals surface area (Å²) in [6, 6.07) is -0.314. The van der Waals surface area contributed by atoms with E-state index in [1.807, 2.05) is 0 Å². The molecule has 110 valence electrons. The zero-order chi connectivity index (χ0) is 14.9. The van der Waals surface area contributed by atoms with E-state index in [1.165, 1.54) is 0 Å². The highest BCUT2D eigenvalue weighted by Crippen LogP contribution is 2.31. The first-order valence-electron chi connectivity index (χ1n) is 6.43. The number of H-pyrrole nitrogens is 1. The van der Waals surface area contributed by atoms with Crippen molar-refractivity contribution >= 4 is 12.1 Å². The summed E-state index contributed by atoms with van der Waals surface area (Å²) in [5.41, 5.74) is -0.572. The van der Waals surface area contributed by atoms with E-state index in [-0.39, 0.29) is 11.9 Å². The Morgan fingerprint density at radius 3 is 2.70 bits per heavy atom. The normalized spacial score (nSPS) is 19.1. The van der Waals surface area contributed by atoms with Crippen LogP contribution in [0.2, 0.25) is 0 Å². The van der Waals surface area contributed by atoms with Gasteiger partial charge in [0.25, 0.3) is 5.82 Å². The maximum Gasteiger partial charge on any atom is 0.410 e. The van der Waals surface area contributed by atoms with Crippen LogP contribution in [0.15, 0.2) is 0 Å². The number of nitrogens with one attached hydrogen (secondary N) is 1. The first kappa shape index (κ1) is 14.3. The van der Waals surface area contributed by atoms with Crippen molar-refractivity contribution in [2.24, 2.45) is 0 Å². The third kappa shape index (κ3) is 3.06. The van der Waals surface area contributed by atoms with Gasteiger partial charge in [-0.15, -0.1) is 5.10 Å². The maximum atomic E-state index is 12.1. The molecule has 1 aromatic rings. The Labute approximate surface area is 116 Å². The van der Waals surface area contributed by atoms with Crippen LogP contribution in [-0.4, -0.2) is 49.4 Å². The average Bonchev–Trinajstić information content (AvgIpc) is 2.95. The van der Waals surface area contributed by atoms with Crippen LogP contribution in [0.5, 0.6) is 0 Å². The third-order valence-electron chi connectivity index (χ3n) is 2.89. The zero-order valence-electron chi connectivity index (χ0n) is 11.7. The molecule has 1 aromatic heterocycles. The van der Waals surface area contributed by atoms with Gasteiger partial charge in [0, 0.05) is 6.54 Å². The van der Waals surface area contributed by atoms with E-state index in [1.54, 1.807) is 25.7 Å². The summed E-state index contributed by atoms with van der Waals surface area (Å²) in [6.45, 7) is 5.95. The smallest absolute Gasteiger partial charge is 0.410 e. The van der Waals surface area contributed by atoms with E-state index < -0.39 is 17.7 Å². The minimum Gasteiger partial charge on any atom is -0.475 e. The van der Waals surface area contributed by atoms with Crippen molar-refractivity contribution in [3.05, 3.63) is 11.6 Å². The summed E-state index contributed by atoms with van der Waals surface area (Å²) in [6.07, 6.45) is 1.09. The number of rotatable bonds is 2. The predicted octanol–water partition coefficient (Wildman–Crippen LogP) is 1.57. The summed E-state index contributed by atoms with van der Waals surface area (Å²) in [7, 11) is 0. The van der Waals surface area contributed by atoms with Crippen molar-refractivity contribution in [3.63, 3.8) is 0 Å². The number of carbonyl (C=O) groups is 2. The van der Waals surface area contributed by atoms with Gasteiger partial charge in [0.05, 0.1) is 6.04 Å². The van der Waals surface area contributed by atoms with Gasteiger partial charge in [0.15, 0.2) is 0 Å². The Balaban J connectivity index is 2.14. The fourth-order valence-electron chi connectivity index (χ4n) is 2.11. The summed E-state index contributed by atoms with van der Waals surface area (Å²) in [5, 5.41) is 15.0. The van der Waals surface area contributed by atoms with E-state index >= 15 is 0 Å². The first-order chi connectivity index (χ1) is 9.28. The van der Waals surface area contributed by atoms with Crippen LogP contribution in [0.1, 0.15) is 56.1 Å². The Kier molecular flexibility index (Phi) is 3.65. The van der Waals surface area contributed by atoms with Gasteiger partial charge in [-0.25, -0.2) is 14.6 Å². The molecule has 8 nitrogen and oxygen atoms in total. The SMILES string of the molecule is CC(C)(C)OC(=O)N1CCC[C@H]1c1nc(C(=O)O)n[nH]1. The molecule has 1 saturated heterocycles. The van der Waals surface area contributed by atoms with Gasteiger partial charge < -0.3 is 9.84 Å². The Hall–Kier alpha value is -2.12. The lowest BCUT2D eigenvalue weighted by molar-refractivity contribution is 0.0218. The molecule has 0 spiro atoms. The van der Waals surface area contributed by atoms with Gasteiger partial charge in [-0.3, -0.25) is 10.00 Å². The summed E-state index contributed by atoms with van der Waals surface area (Å²) in [4.78, 5) is 28.4. The summed E-state index contributed by atoms with van der Waals surface area (Å²) in [5.74, 6) is -1.11. The highest BCUT2D eigenvalue weighted by molar-refractivity contribution is 5.82. The standard InChI is InChI=1S/C12H18N4O4/c1-12(2,3)20-11(19)16-6-4-5-7(16)8-13-9(10(17)18)15-14-8/h7H,4-6H2,1-3H3,(H,17,18)(H,13,14,15)/t7-/m0/s1. The monoisotopic (exact) mass is 282 g/mol. The molecule has 8 heteroatoms. The van der Waals surface area contributed by atoms with Crippen molar-refractivity contribution in [2.45, 2.75) is 45.3 Å². The molecular weight excluding hydrogens is 264 g/mol. The van der Waals surface area contributed by atoms with Crippen LogP contribution in [0, 0.1) is 0 Å². The van der Waals surface area contributed by atoms with Crippen molar-refractivity contribution in [1.29, 1.82) is 0 Å². The van der Waals surface area contributed by atoms with Gasteiger partial charge in [-0.1, -0.05) is 0 Å². The second-order valence-corrected chi connectivity index (χ2v) is 5.68. The van der Waals surface area contributed by atoms with Gasteiger partial charge in [0.1, 0.15) is 11.4 Å². The van der Waals surface area contributed by atoms with Crippen molar-refractivity contribution in [1.82, 2.24) is 20.1 Å². The molecule has 1 fully saturated rings. The van der Waals surface area contributed by atoms with Crippen LogP contribution in [0.4, 0.5) is 4.79 Å². The molecule has 2 heterocycles. The summed E-state index contributed by atoms with van der Waals surface area (Å²) >= 11 is 0. The van der Waals surface area contributed by atoms with E-state index in [9.17, 15) is 9.59 Å². The second-order valence-electron chi connectivity index (χ2n) is 5.68. The quantitative estimate of drug-likeness (QED) is 0.852. The molecule has 20 heavy (non-hydrogen) atoms. The number of aromatic nitrogens is 3. The number of nitrogens with zero attached hydrogens (tertiary/aromatic N) is 3. The molecule has 0 saturated carbocycles. The molecule has 0 aromatic carbocycles. The molecule has 2 rings (SSSR count). The van der Waals surface area contributed by atoms with Gasteiger partial charge >= 0.3 is 12.1 Å². The number of ether oxygens (including phenoxy) is 1. The molecule has 1 atom stereocenters. The van der Waals surface area contributed by atoms with Gasteiger partial charge in [-0.2, -0.15) is 0 Å². The molecule has 0 radical (unpaired) electrons. The van der Waals surface area contributed by atoms with E-state index in [0.29, 0.717) is 18.8 Å². The lowest BCUT2D eigenvalue weighted by Gasteiger charge is -2.27. The lowest BCUT2D eigenvalue weighted by atomic mass is 10.2. The maximum absolute atomic E-state index is 12.1. The number of likely N-dealkylation sites (tertiary alicyclic amines) is 1. The molecule has 0 bridgehead atoms. The number of carboxylic acid groups (broad SMARTS) is 1. The highest BCUT2D eigenvalue weighted by Gasteiger charge is 2.35. The molecule has 0 unspecified atom stereocenters. The number of carbonyl (C=O) groups excluding carboxylic acids is 1. The minimum atomic E-state index is -1.20. The first-order valence-corrected chi connectivity index (χ1v) is 6.43. The largest absolute Gasteiger partial charge is 0.475 e. The van der Waals surface area contributed by atoms with Crippen LogP contribution in [0.25, 0.3) is 0 Å². The van der Waals surface area contributed by atoms with E-state index in [2.05, 4.69) is 15.2 Å². The molecular formula is C12H18N4O4. The zero-order valence-corrected chi connectivity index (χ0v) is 11.7. The lowest BCUT2D eigenvalue weighted by Crippen LogP contribution is -2.36. The second kappa shape index (κ2) is 5.10. The summed E-state index contributed by atoms with van der Waals surface area (Å²) < 4.78 is 5.34. The molecule has 1 aliphatic heterocycles. The third-order valence-corrected chi connectivity index (χ3v) is 2.89.